The first-order valence-corrected chi connectivity index (χ1v) is 9.36. The van der Waals surface area contributed by atoms with Gasteiger partial charge in [-0.3, -0.25) is 14.5 Å². The van der Waals surface area contributed by atoms with Crippen molar-refractivity contribution in [1.82, 2.24) is 24.2 Å². The molecule has 6 heteroatoms. The Labute approximate surface area is 158 Å². The van der Waals surface area contributed by atoms with Gasteiger partial charge >= 0.3 is 0 Å². The van der Waals surface area contributed by atoms with Gasteiger partial charge in [-0.2, -0.15) is 5.10 Å². The third-order valence-corrected chi connectivity index (χ3v) is 5.06. The van der Waals surface area contributed by atoms with Crippen LogP contribution in [0.25, 0.3) is 11.4 Å². The van der Waals surface area contributed by atoms with Crippen LogP contribution in [-0.4, -0.2) is 31.3 Å². The van der Waals surface area contributed by atoms with Crippen molar-refractivity contribution in [2.24, 2.45) is 0 Å². The molecule has 0 radical (unpaired) electrons. The van der Waals surface area contributed by atoms with Crippen LogP contribution in [0.5, 0.6) is 0 Å². The molecule has 134 valence electrons. The summed E-state index contributed by atoms with van der Waals surface area (Å²) in [6, 6.07) is 13.1. The second kappa shape index (κ2) is 7.13. The van der Waals surface area contributed by atoms with E-state index in [9.17, 15) is 0 Å². The monoisotopic (exact) mass is 365 g/mol. The molecule has 0 spiro atoms. The van der Waals surface area contributed by atoms with Gasteiger partial charge in [0, 0.05) is 30.5 Å². The van der Waals surface area contributed by atoms with E-state index in [4.69, 9.17) is 17.3 Å². The Morgan fingerprint density at radius 1 is 1.19 bits per heavy atom. The number of aromatic nitrogens is 4. The molecule has 1 aliphatic carbocycles. The fraction of sp³-hybridized carbons (Fsp3) is 0.350. The molecule has 1 saturated carbocycles. The Morgan fingerprint density at radius 2 is 1.96 bits per heavy atom. The Balaban J connectivity index is 1.58. The van der Waals surface area contributed by atoms with Crippen molar-refractivity contribution in [2.75, 3.05) is 7.05 Å². The number of aryl methyl sites for hydroxylation is 1. The van der Waals surface area contributed by atoms with Gasteiger partial charge in [0.1, 0.15) is 0 Å². The second-order valence-electron chi connectivity index (χ2n) is 7.09. The number of rotatable bonds is 6. The molecule has 2 heterocycles. The minimum Gasteiger partial charge on any atom is -0.297 e. The molecule has 0 unspecified atom stereocenters. The highest BCUT2D eigenvalue weighted by Crippen LogP contribution is 2.38. The van der Waals surface area contributed by atoms with Crippen molar-refractivity contribution in [2.45, 2.75) is 39.0 Å². The molecule has 3 aromatic rings. The number of hydrogen-bond donors (Lipinski definition) is 0. The molecule has 4 rings (SSSR count). The van der Waals surface area contributed by atoms with Crippen LogP contribution in [-0.2, 0) is 13.2 Å². The van der Waals surface area contributed by atoms with E-state index in [1.165, 1.54) is 24.0 Å². The van der Waals surface area contributed by atoms with Gasteiger partial charge in [0.2, 0.25) is 0 Å². The van der Waals surface area contributed by atoms with Gasteiger partial charge in [0.15, 0.2) is 10.6 Å². The number of hydrogen-bond acceptors (Lipinski definition) is 4. The fourth-order valence-corrected chi connectivity index (χ4v) is 3.48. The lowest BCUT2D eigenvalue weighted by molar-refractivity contribution is 0.244. The molecule has 2 aromatic heterocycles. The maximum atomic E-state index is 5.75. The van der Waals surface area contributed by atoms with E-state index in [2.05, 4.69) is 52.7 Å². The Bertz CT molecular complexity index is 939. The van der Waals surface area contributed by atoms with Crippen LogP contribution < -0.4 is 0 Å². The largest absolute Gasteiger partial charge is 0.297 e. The van der Waals surface area contributed by atoms with Gasteiger partial charge in [-0.25, -0.2) is 4.68 Å². The van der Waals surface area contributed by atoms with Crippen molar-refractivity contribution in [1.29, 1.82) is 0 Å². The molecule has 1 fully saturated rings. The van der Waals surface area contributed by atoms with E-state index < -0.39 is 0 Å². The van der Waals surface area contributed by atoms with Gasteiger partial charge in [0.25, 0.3) is 0 Å². The van der Waals surface area contributed by atoms with Crippen LogP contribution in [0.2, 0.25) is 0 Å². The highest BCUT2D eigenvalue weighted by molar-refractivity contribution is 7.71. The van der Waals surface area contributed by atoms with E-state index in [0.29, 0.717) is 12.7 Å². The first-order chi connectivity index (χ1) is 12.6. The van der Waals surface area contributed by atoms with Gasteiger partial charge < -0.3 is 0 Å². The second-order valence-corrected chi connectivity index (χ2v) is 7.45. The number of pyridine rings is 1. The Kier molecular flexibility index (Phi) is 4.70. The Hall–Kier alpha value is -2.31. The van der Waals surface area contributed by atoms with E-state index in [0.717, 1.165) is 22.7 Å². The van der Waals surface area contributed by atoms with Gasteiger partial charge in [-0.05, 0) is 56.7 Å². The quantitative estimate of drug-likeness (QED) is 0.614. The van der Waals surface area contributed by atoms with Crippen LogP contribution >= 0.6 is 12.2 Å². The smallest absolute Gasteiger partial charge is 0.199 e. The van der Waals surface area contributed by atoms with Crippen molar-refractivity contribution in [3.05, 3.63) is 64.7 Å². The first kappa shape index (κ1) is 17.1. The summed E-state index contributed by atoms with van der Waals surface area (Å²) in [5, 5.41) is 4.83. The summed E-state index contributed by atoms with van der Waals surface area (Å²) in [5.41, 5.74) is 3.59. The number of benzene rings is 1. The molecule has 0 amide bonds. The molecule has 0 atom stereocenters. The maximum Gasteiger partial charge on any atom is 0.199 e. The zero-order valence-corrected chi connectivity index (χ0v) is 16.0. The highest BCUT2D eigenvalue weighted by Gasteiger charge is 2.29. The molecule has 0 aliphatic heterocycles. The van der Waals surface area contributed by atoms with Crippen molar-refractivity contribution >= 4 is 12.2 Å². The fourth-order valence-electron chi connectivity index (χ4n) is 3.15. The lowest BCUT2D eigenvalue weighted by Crippen LogP contribution is -2.22. The van der Waals surface area contributed by atoms with Crippen LogP contribution in [0.15, 0.2) is 48.8 Å². The number of nitrogens with zero attached hydrogens (tertiary/aromatic N) is 5. The molecule has 5 nitrogen and oxygen atoms in total. The van der Waals surface area contributed by atoms with Crippen LogP contribution in [0.1, 0.15) is 30.0 Å². The molecule has 0 N–H and O–H groups in total. The standard InChI is InChI=1S/C20H23N5S/c1-15-5-7-16(8-6-15)13-23(2)14-24-20(26)25(18-9-10-18)19(22-24)17-4-3-11-21-12-17/h3-8,11-12,18H,9-10,13-14H2,1-2H3. The molecule has 26 heavy (non-hydrogen) atoms. The van der Waals surface area contributed by atoms with E-state index in [1.54, 1.807) is 6.20 Å². The molecular formula is C20H23N5S. The van der Waals surface area contributed by atoms with Gasteiger partial charge in [0.05, 0.1) is 6.67 Å². The molecule has 0 bridgehead atoms. The van der Waals surface area contributed by atoms with Crippen molar-refractivity contribution < 1.29 is 0 Å². The lowest BCUT2D eigenvalue weighted by atomic mass is 10.1. The van der Waals surface area contributed by atoms with Crippen LogP contribution in [0, 0.1) is 11.7 Å². The van der Waals surface area contributed by atoms with Crippen molar-refractivity contribution in [3.63, 3.8) is 0 Å². The topological polar surface area (TPSA) is 38.9 Å². The minimum atomic E-state index is 0.480. The summed E-state index contributed by atoms with van der Waals surface area (Å²) in [7, 11) is 2.10. The molecular weight excluding hydrogens is 342 g/mol. The summed E-state index contributed by atoms with van der Waals surface area (Å²) in [5.74, 6) is 0.925. The minimum absolute atomic E-state index is 0.480. The predicted octanol–water partition coefficient (Wildman–Crippen LogP) is 4.21. The lowest BCUT2D eigenvalue weighted by Gasteiger charge is -2.16. The maximum absolute atomic E-state index is 5.75. The normalized spacial score (nSPS) is 14.1. The zero-order valence-electron chi connectivity index (χ0n) is 15.2. The highest BCUT2D eigenvalue weighted by atomic mass is 32.1. The Morgan fingerprint density at radius 3 is 2.62 bits per heavy atom. The average molecular weight is 366 g/mol. The molecule has 1 aromatic carbocycles. The average Bonchev–Trinajstić information content (AvgIpc) is 3.43. The first-order valence-electron chi connectivity index (χ1n) is 8.95. The zero-order chi connectivity index (χ0) is 18.1. The predicted molar refractivity (Wildman–Crippen MR) is 105 cm³/mol. The van der Waals surface area contributed by atoms with Crippen molar-refractivity contribution in [3.8, 4) is 11.4 Å². The summed E-state index contributed by atoms with van der Waals surface area (Å²) in [6.07, 6.45) is 5.99. The van der Waals surface area contributed by atoms with E-state index >= 15 is 0 Å². The molecule has 1 aliphatic rings. The SMILES string of the molecule is Cc1ccc(CN(C)Cn2nc(-c3cccnc3)n(C3CC3)c2=S)cc1. The third kappa shape index (κ3) is 3.61. The van der Waals surface area contributed by atoms with Gasteiger partial charge in [-0.1, -0.05) is 29.8 Å². The van der Waals surface area contributed by atoms with Gasteiger partial charge in [-0.15, -0.1) is 0 Å². The summed E-state index contributed by atoms with van der Waals surface area (Å²) >= 11 is 5.75. The summed E-state index contributed by atoms with van der Waals surface area (Å²) in [4.78, 5) is 6.47. The molecule has 0 saturated heterocycles. The van der Waals surface area contributed by atoms with E-state index in [1.807, 2.05) is 23.0 Å². The van der Waals surface area contributed by atoms with E-state index in [-0.39, 0.29) is 0 Å². The third-order valence-electron chi connectivity index (χ3n) is 4.65. The van der Waals surface area contributed by atoms with Crippen LogP contribution in [0.3, 0.4) is 0 Å². The summed E-state index contributed by atoms with van der Waals surface area (Å²) in [6.45, 7) is 3.64. The van der Waals surface area contributed by atoms with Crippen LogP contribution in [0.4, 0.5) is 0 Å². The summed E-state index contributed by atoms with van der Waals surface area (Å²) < 4.78 is 4.93.